The van der Waals surface area contributed by atoms with Crippen LogP contribution in [0, 0.1) is 0 Å². The zero-order chi connectivity index (χ0) is 31.9. The molecule has 1 heterocycles. The second-order valence-electron chi connectivity index (χ2n) is 12.0. The van der Waals surface area contributed by atoms with E-state index in [2.05, 4.69) is 157 Å². The fraction of sp³-hybridized carbons (Fsp3) is 0. The van der Waals surface area contributed by atoms with Crippen molar-refractivity contribution in [2.24, 2.45) is 0 Å². The summed E-state index contributed by atoms with van der Waals surface area (Å²) >= 11 is 0. The molecule has 0 spiro atoms. The van der Waals surface area contributed by atoms with Gasteiger partial charge in [-0.15, -0.1) is 0 Å². The summed E-state index contributed by atoms with van der Waals surface area (Å²) in [6.07, 6.45) is 0. The first kappa shape index (κ1) is 27.8. The van der Waals surface area contributed by atoms with Crippen LogP contribution in [0.15, 0.2) is 186 Å². The number of rotatable bonds is 6. The van der Waals surface area contributed by atoms with E-state index in [-0.39, 0.29) is 0 Å². The van der Waals surface area contributed by atoms with Crippen LogP contribution in [0.1, 0.15) is 0 Å². The second-order valence-corrected chi connectivity index (χ2v) is 12.0. The minimum absolute atomic E-state index is 0.638. The van der Waals surface area contributed by atoms with Crippen molar-refractivity contribution in [3.8, 4) is 33.7 Å². The molecule has 0 aliphatic heterocycles. The fourth-order valence-electron chi connectivity index (χ4n) is 6.78. The van der Waals surface area contributed by atoms with Gasteiger partial charge in [-0.3, -0.25) is 0 Å². The third kappa shape index (κ3) is 4.90. The van der Waals surface area contributed by atoms with E-state index in [0.29, 0.717) is 5.89 Å². The summed E-state index contributed by atoms with van der Waals surface area (Å²) in [7, 11) is 0. The standard InChI is InChI=1S/C45H30N2O/c1-3-12-34(13-4-1)45-46-43-30-29-41-40(19-10-20-42(41)44(43)48-45)33-23-27-37(28-24-33)47(35-15-5-2-6-16-35)36-25-21-32(22-26-36)39-18-9-14-31-11-7-8-17-38(31)39/h1-30H. The lowest BCUT2D eigenvalue weighted by Crippen LogP contribution is -2.09. The molecule has 0 fully saturated rings. The third-order valence-electron chi connectivity index (χ3n) is 9.11. The van der Waals surface area contributed by atoms with E-state index in [1.807, 2.05) is 30.3 Å². The maximum atomic E-state index is 6.35. The Kier molecular flexibility index (Phi) is 6.80. The van der Waals surface area contributed by atoms with Gasteiger partial charge >= 0.3 is 0 Å². The van der Waals surface area contributed by atoms with E-state index in [0.717, 1.165) is 55.6 Å². The number of hydrogen-bond donors (Lipinski definition) is 0. The van der Waals surface area contributed by atoms with Gasteiger partial charge in [0.1, 0.15) is 5.52 Å². The molecule has 9 rings (SSSR count). The van der Waals surface area contributed by atoms with Crippen molar-refractivity contribution in [1.29, 1.82) is 0 Å². The Labute approximate surface area is 279 Å². The Hall–Kier alpha value is -6.45. The molecule has 0 N–H and O–H groups in total. The summed E-state index contributed by atoms with van der Waals surface area (Å²) in [4.78, 5) is 7.10. The maximum Gasteiger partial charge on any atom is 0.227 e. The molecule has 1 aromatic heterocycles. The first-order valence-electron chi connectivity index (χ1n) is 16.2. The lowest BCUT2D eigenvalue weighted by atomic mass is 9.97. The highest BCUT2D eigenvalue weighted by Crippen LogP contribution is 2.39. The first-order valence-corrected chi connectivity index (χ1v) is 16.2. The van der Waals surface area contributed by atoms with Crippen molar-refractivity contribution < 1.29 is 4.42 Å². The molecule has 8 aromatic carbocycles. The smallest absolute Gasteiger partial charge is 0.227 e. The molecule has 0 unspecified atom stereocenters. The third-order valence-corrected chi connectivity index (χ3v) is 9.11. The number of benzene rings is 8. The van der Waals surface area contributed by atoms with E-state index < -0.39 is 0 Å². The molecule has 0 radical (unpaired) electrons. The molecule has 0 saturated heterocycles. The van der Waals surface area contributed by atoms with Crippen molar-refractivity contribution in [3.63, 3.8) is 0 Å². The highest BCUT2D eigenvalue weighted by molar-refractivity contribution is 6.09. The summed E-state index contributed by atoms with van der Waals surface area (Å²) in [5, 5.41) is 4.70. The van der Waals surface area contributed by atoms with E-state index >= 15 is 0 Å². The quantitative estimate of drug-likeness (QED) is 0.187. The number of aromatic nitrogens is 1. The number of oxazole rings is 1. The van der Waals surface area contributed by atoms with Gasteiger partial charge in [-0.25, -0.2) is 4.98 Å². The first-order chi connectivity index (χ1) is 23.8. The van der Waals surface area contributed by atoms with Gasteiger partial charge in [0.05, 0.1) is 0 Å². The molecule has 9 aromatic rings. The topological polar surface area (TPSA) is 29.3 Å². The lowest BCUT2D eigenvalue weighted by Gasteiger charge is -2.26. The normalized spacial score (nSPS) is 11.3. The van der Waals surface area contributed by atoms with Crippen LogP contribution in [-0.2, 0) is 0 Å². The van der Waals surface area contributed by atoms with Gasteiger partial charge in [0.25, 0.3) is 0 Å². The average Bonchev–Trinajstić information content (AvgIpc) is 3.61. The molecule has 48 heavy (non-hydrogen) atoms. The fourth-order valence-corrected chi connectivity index (χ4v) is 6.78. The zero-order valence-electron chi connectivity index (χ0n) is 26.1. The predicted molar refractivity (Wildman–Crippen MR) is 200 cm³/mol. The van der Waals surface area contributed by atoms with Gasteiger partial charge in [-0.05, 0) is 93.0 Å². The van der Waals surface area contributed by atoms with Crippen LogP contribution in [0.5, 0.6) is 0 Å². The number of nitrogens with zero attached hydrogens (tertiary/aromatic N) is 2. The summed E-state index contributed by atoms with van der Waals surface area (Å²) in [5.41, 5.74) is 10.7. The number of anilines is 3. The lowest BCUT2D eigenvalue weighted by molar-refractivity contribution is 0.623. The summed E-state index contributed by atoms with van der Waals surface area (Å²) in [6.45, 7) is 0. The van der Waals surface area contributed by atoms with Crippen molar-refractivity contribution in [3.05, 3.63) is 182 Å². The highest BCUT2D eigenvalue weighted by atomic mass is 16.3. The van der Waals surface area contributed by atoms with Crippen LogP contribution < -0.4 is 4.90 Å². The Balaban J connectivity index is 1.09. The Bertz CT molecular complexity index is 2530. The van der Waals surface area contributed by atoms with Gasteiger partial charge in [0.2, 0.25) is 5.89 Å². The number of para-hydroxylation sites is 1. The summed E-state index contributed by atoms with van der Waals surface area (Å²) < 4.78 is 6.35. The molecule has 3 nitrogen and oxygen atoms in total. The molecule has 0 aliphatic carbocycles. The number of hydrogen-bond acceptors (Lipinski definition) is 3. The van der Waals surface area contributed by atoms with E-state index in [9.17, 15) is 0 Å². The second kappa shape index (κ2) is 11.7. The van der Waals surface area contributed by atoms with E-state index in [1.54, 1.807) is 0 Å². The molecule has 3 heteroatoms. The molecule has 0 atom stereocenters. The van der Waals surface area contributed by atoms with Gasteiger partial charge in [0, 0.05) is 28.0 Å². The molecule has 0 bridgehead atoms. The Morgan fingerprint density at radius 3 is 1.62 bits per heavy atom. The van der Waals surface area contributed by atoms with Gasteiger partial charge in [-0.2, -0.15) is 0 Å². The monoisotopic (exact) mass is 614 g/mol. The molecule has 0 amide bonds. The van der Waals surface area contributed by atoms with E-state index in [1.165, 1.54) is 21.9 Å². The zero-order valence-corrected chi connectivity index (χ0v) is 26.1. The van der Waals surface area contributed by atoms with Gasteiger partial charge < -0.3 is 9.32 Å². The minimum atomic E-state index is 0.638. The van der Waals surface area contributed by atoms with Crippen LogP contribution in [0.4, 0.5) is 17.1 Å². The Morgan fingerprint density at radius 1 is 0.375 bits per heavy atom. The van der Waals surface area contributed by atoms with Crippen LogP contribution >= 0.6 is 0 Å². The van der Waals surface area contributed by atoms with Crippen LogP contribution in [0.3, 0.4) is 0 Å². The SMILES string of the molecule is c1ccc(-c2nc3ccc4c(-c5ccc(N(c6ccccc6)c6ccc(-c7cccc8ccccc78)cc6)cc5)cccc4c3o2)cc1. The molecule has 0 aliphatic rings. The highest BCUT2D eigenvalue weighted by Gasteiger charge is 2.16. The van der Waals surface area contributed by atoms with Crippen LogP contribution in [-0.4, -0.2) is 4.98 Å². The van der Waals surface area contributed by atoms with Crippen LogP contribution in [0.2, 0.25) is 0 Å². The average molecular weight is 615 g/mol. The van der Waals surface area contributed by atoms with Crippen molar-refractivity contribution in [2.75, 3.05) is 4.90 Å². The van der Waals surface area contributed by atoms with Crippen molar-refractivity contribution in [2.45, 2.75) is 0 Å². The van der Waals surface area contributed by atoms with Gasteiger partial charge in [-0.1, -0.05) is 127 Å². The summed E-state index contributed by atoms with van der Waals surface area (Å²) in [6, 6.07) is 64.0. The molecule has 0 saturated carbocycles. The molecular weight excluding hydrogens is 585 g/mol. The molecule has 226 valence electrons. The van der Waals surface area contributed by atoms with Crippen molar-refractivity contribution in [1.82, 2.24) is 4.98 Å². The maximum absolute atomic E-state index is 6.35. The van der Waals surface area contributed by atoms with Gasteiger partial charge in [0.15, 0.2) is 5.58 Å². The van der Waals surface area contributed by atoms with E-state index in [4.69, 9.17) is 9.40 Å². The Morgan fingerprint density at radius 2 is 0.917 bits per heavy atom. The number of fused-ring (bicyclic) bond motifs is 4. The van der Waals surface area contributed by atoms with Crippen molar-refractivity contribution >= 4 is 49.7 Å². The largest absolute Gasteiger partial charge is 0.435 e. The van der Waals surface area contributed by atoms with Crippen LogP contribution in [0.25, 0.3) is 66.4 Å². The minimum Gasteiger partial charge on any atom is -0.435 e. The molecular formula is C45H30N2O. The summed E-state index contributed by atoms with van der Waals surface area (Å²) in [5.74, 6) is 0.638. The predicted octanol–water partition coefficient (Wildman–Crippen LogP) is 12.6.